The number of amides is 2. The number of fused-ring (bicyclic) bond motifs is 4. The Morgan fingerprint density at radius 1 is 0.820 bits per heavy atom. The van der Waals surface area contributed by atoms with E-state index >= 15 is 4.79 Å². The number of hydrogen-bond donors (Lipinski definition) is 2. The number of aromatic hydroxyl groups is 1. The van der Waals surface area contributed by atoms with Gasteiger partial charge in [0.25, 0.3) is 0 Å². The van der Waals surface area contributed by atoms with Crippen molar-refractivity contribution in [3.05, 3.63) is 149 Å². The molecular formula is C42H33NO7. The Balaban J connectivity index is 1.35. The van der Waals surface area contributed by atoms with E-state index in [1.807, 2.05) is 60.7 Å². The molecule has 248 valence electrons. The molecule has 8 rings (SSSR count). The van der Waals surface area contributed by atoms with Crippen LogP contribution in [0, 0.1) is 30.6 Å². The lowest BCUT2D eigenvalue weighted by Crippen LogP contribution is -2.58. The highest BCUT2D eigenvalue weighted by Crippen LogP contribution is 2.63. The molecule has 0 bridgehead atoms. The number of ketones is 2. The van der Waals surface area contributed by atoms with Crippen LogP contribution in [0.25, 0.3) is 5.57 Å². The molecule has 8 nitrogen and oxygen atoms in total. The van der Waals surface area contributed by atoms with Gasteiger partial charge in [-0.25, -0.2) is 4.79 Å². The van der Waals surface area contributed by atoms with Crippen LogP contribution < -0.4 is 4.90 Å². The summed E-state index contributed by atoms with van der Waals surface area (Å²) >= 11 is 0. The van der Waals surface area contributed by atoms with Gasteiger partial charge in [-0.2, -0.15) is 0 Å². The number of hydrogen-bond acceptors (Lipinski definition) is 6. The molecular weight excluding hydrogens is 630 g/mol. The average Bonchev–Trinajstić information content (AvgIpc) is 3.39. The summed E-state index contributed by atoms with van der Waals surface area (Å²) in [4.78, 5) is 71.5. The second-order valence-electron chi connectivity index (χ2n) is 13.7. The van der Waals surface area contributed by atoms with Gasteiger partial charge in [-0.1, -0.05) is 90.5 Å². The maximum Gasteiger partial charge on any atom is 0.335 e. The van der Waals surface area contributed by atoms with E-state index in [1.54, 1.807) is 37.3 Å². The number of phenols is 1. The first-order valence-corrected chi connectivity index (χ1v) is 16.7. The number of anilines is 1. The Labute approximate surface area is 288 Å². The fourth-order valence-corrected chi connectivity index (χ4v) is 9.14. The summed E-state index contributed by atoms with van der Waals surface area (Å²) < 4.78 is 0. The number of nitrogens with zero attached hydrogens (tertiary/aromatic N) is 1. The van der Waals surface area contributed by atoms with Crippen LogP contribution in [0.2, 0.25) is 0 Å². The van der Waals surface area contributed by atoms with Gasteiger partial charge >= 0.3 is 5.97 Å². The summed E-state index contributed by atoms with van der Waals surface area (Å²) in [7, 11) is 0. The number of allylic oxidation sites excluding steroid dienone is 4. The summed E-state index contributed by atoms with van der Waals surface area (Å²) in [6.07, 6.45) is 3.87. The van der Waals surface area contributed by atoms with E-state index in [-0.39, 0.29) is 41.4 Å². The molecule has 50 heavy (non-hydrogen) atoms. The highest BCUT2D eigenvalue weighted by atomic mass is 16.4. The third kappa shape index (κ3) is 4.47. The minimum Gasteiger partial charge on any atom is -0.508 e. The van der Waals surface area contributed by atoms with Crippen molar-refractivity contribution >= 4 is 40.6 Å². The molecule has 1 saturated carbocycles. The summed E-state index contributed by atoms with van der Waals surface area (Å²) in [5.74, 6) is -6.03. The summed E-state index contributed by atoms with van der Waals surface area (Å²) in [5.41, 5.74) is 2.55. The number of imide groups is 1. The highest BCUT2D eigenvalue weighted by molar-refractivity contribution is 6.32. The molecule has 1 aliphatic heterocycles. The predicted octanol–water partition coefficient (Wildman–Crippen LogP) is 6.43. The lowest BCUT2D eigenvalue weighted by atomic mass is 9.44. The lowest BCUT2D eigenvalue weighted by molar-refractivity contribution is -0.135. The molecule has 8 heteroatoms. The molecule has 3 aliphatic carbocycles. The highest BCUT2D eigenvalue weighted by Gasteiger charge is 2.66. The van der Waals surface area contributed by atoms with Crippen molar-refractivity contribution in [2.75, 3.05) is 4.90 Å². The Morgan fingerprint density at radius 3 is 2.24 bits per heavy atom. The SMILES string of the molecule is Cc1cc(C2C3=CCC4C(=O)N(c5cccc(C(=O)O)c5)C(=O)C4C3CC3C(=O)C(c4ccccc4)=CC(=O)C32c2ccccc2)ccc1O. The third-order valence-corrected chi connectivity index (χ3v) is 11.3. The molecule has 0 radical (unpaired) electrons. The van der Waals surface area contributed by atoms with Crippen LogP contribution in [0.3, 0.4) is 0 Å². The minimum atomic E-state index is -1.36. The van der Waals surface area contributed by atoms with Crippen LogP contribution in [-0.4, -0.2) is 39.6 Å². The zero-order valence-electron chi connectivity index (χ0n) is 27.2. The molecule has 2 amide bonds. The number of benzene rings is 4. The minimum absolute atomic E-state index is 0.0450. The van der Waals surface area contributed by atoms with Gasteiger partial charge in [-0.05, 0) is 78.3 Å². The third-order valence-electron chi connectivity index (χ3n) is 11.3. The maximum atomic E-state index is 15.1. The molecule has 4 aliphatic rings. The Kier molecular flexibility index (Phi) is 7.29. The number of aryl methyl sites for hydroxylation is 1. The van der Waals surface area contributed by atoms with Gasteiger partial charge in [0.15, 0.2) is 11.6 Å². The number of carboxylic acid groups (broad SMARTS) is 1. The molecule has 1 saturated heterocycles. The number of Topliss-reactive ketones (excluding diaryl/α,β-unsaturated/α-hetero) is 1. The number of carbonyl (C=O) groups is 5. The van der Waals surface area contributed by atoms with Crippen molar-refractivity contribution in [3.63, 3.8) is 0 Å². The topological polar surface area (TPSA) is 129 Å². The van der Waals surface area contributed by atoms with Crippen molar-refractivity contribution in [2.45, 2.75) is 31.1 Å². The van der Waals surface area contributed by atoms with Crippen LogP contribution in [0.5, 0.6) is 5.75 Å². The first-order chi connectivity index (χ1) is 24.1. The molecule has 2 fully saturated rings. The molecule has 1 heterocycles. The quantitative estimate of drug-likeness (QED) is 0.186. The number of aromatic carboxylic acids is 1. The first kappa shape index (κ1) is 31.4. The fraction of sp³-hybridized carbons (Fsp3) is 0.214. The van der Waals surface area contributed by atoms with Gasteiger partial charge in [-0.15, -0.1) is 0 Å². The second-order valence-corrected chi connectivity index (χ2v) is 13.7. The largest absolute Gasteiger partial charge is 0.508 e. The second kappa shape index (κ2) is 11.6. The number of phenolic OH excluding ortho intramolecular Hbond substituents is 1. The lowest BCUT2D eigenvalue weighted by Gasteiger charge is -2.55. The van der Waals surface area contributed by atoms with Crippen molar-refractivity contribution in [1.82, 2.24) is 0 Å². The predicted molar refractivity (Wildman–Crippen MR) is 185 cm³/mol. The van der Waals surface area contributed by atoms with Crippen molar-refractivity contribution in [3.8, 4) is 5.75 Å². The van der Waals surface area contributed by atoms with Gasteiger partial charge in [0, 0.05) is 17.4 Å². The van der Waals surface area contributed by atoms with E-state index in [1.165, 1.54) is 24.3 Å². The van der Waals surface area contributed by atoms with Gasteiger partial charge < -0.3 is 10.2 Å². The molecule has 0 spiro atoms. The fourth-order valence-electron chi connectivity index (χ4n) is 9.14. The zero-order chi connectivity index (χ0) is 34.9. The van der Waals surface area contributed by atoms with Gasteiger partial charge in [0.1, 0.15) is 5.75 Å². The van der Waals surface area contributed by atoms with E-state index in [0.29, 0.717) is 22.3 Å². The summed E-state index contributed by atoms with van der Waals surface area (Å²) in [5, 5.41) is 20.2. The Morgan fingerprint density at radius 2 is 1.54 bits per heavy atom. The monoisotopic (exact) mass is 663 g/mol. The standard InChI is InChI=1S/C42H33NO7/c1-23-19-25(15-18-34(23)44)37-29-16-17-30-36(40(48)43(39(30)47)28-14-8-11-26(20-28)41(49)50)32(29)21-33-38(46)31(24-9-4-2-5-10-24)22-35(45)42(33,37)27-12-6-3-7-13-27/h2-16,18-20,22,30,32-33,36-37,44H,17,21H2,1H3,(H,49,50). The average molecular weight is 664 g/mol. The van der Waals surface area contributed by atoms with Gasteiger partial charge in [0.2, 0.25) is 11.8 Å². The first-order valence-electron chi connectivity index (χ1n) is 16.7. The number of rotatable bonds is 5. The summed E-state index contributed by atoms with van der Waals surface area (Å²) in [6.45, 7) is 1.78. The van der Waals surface area contributed by atoms with Crippen LogP contribution in [0.4, 0.5) is 5.69 Å². The number of carbonyl (C=O) groups excluding carboxylic acids is 4. The van der Waals surface area contributed by atoms with E-state index in [9.17, 15) is 29.4 Å². The molecule has 6 unspecified atom stereocenters. The number of carboxylic acids is 1. The smallest absolute Gasteiger partial charge is 0.335 e. The zero-order valence-corrected chi connectivity index (χ0v) is 27.2. The van der Waals surface area contributed by atoms with Crippen LogP contribution in [0.15, 0.2) is 121 Å². The molecule has 0 aromatic heterocycles. The van der Waals surface area contributed by atoms with E-state index in [0.717, 1.165) is 16.0 Å². The molecule has 6 atom stereocenters. The van der Waals surface area contributed by atoms with Crippen molar-refractivity contribution in [2.24, 2.45) is 23.7 Å². The van der Waals surface area contributed by atoms with Crippen molar-refractivity contribution < 1.29 is 34.2 Å². The maximum absolute atomic E-state index is 15.1. The summed E-state index contributed by atoms with van der Waals surface area (Å²) in [6, 6.07) is 29.4. The van der Waals surface area contributed by atoms with Gasteiger partial charge in [-0.3, -0.25) is 24.1 Å². The van der Waals surface area contributed by atoms with Crippen LogP contribution >= 0.6 is 0 Å². The molecule has 4 aromatic carbocycles. The molecule has 4 aromatic rings. The normalized spacial score (nSPS) is 27.2. The van der Waals surface area contributed by atoms with Gasteiger partial charge in [0.05, 0.1) is 28.5 Å². The van der Waals surface area contributed by atoms with Crippen LogP contribution in [-0.2, 0) is 24.6 Å². The van der Waals surface area contributed by atoms with Crippen LogP contribution in [0.1, 0.15) is 51.4 Å². The van der Waals surface area contributed by atoms with E-state index < -0.39 is 52.8 Å². The van der Waals surface area contributed by atoms with E-state index in [2.05, 4.69) is 0 Å². The molecule has 2 N–H and O–H groups in total. The Bertz CT molecular complexity index is 2190. The Hall–Kier alpha value is -5.89. The van der Waals surface area contributed by atoms with E-state index in [4.69, 9.17) is 0 Å². The van der Waals surface area contributed by atoms with Crippen molar-refractivity contribution in [1.29, 1.82) is 0 Å².